The second-order valence-corrected chi connectivity index (χ2v) is 5.78. The molecule has 2 fully saturated rings. The third-order valence-corrected chi connectivity index (χ3v) is 3.71. The Kier molecular flexibility index (Phi) is 4.66. The first-order valence-electron chi connectivity index (χ1n) is 7.53. The highest BCUT2D eigenvalue weighted by molar-refractivity contribution is 5.62. The number of aryl methyl sites for hydroxylation is 1. The van der Waals surface area contributed by atoms with E-state index in [0.29, 0.717) is 19.6 Å². The average molecular weight is 321 g/mol. The van der Waals surface area contributed by atoms with Gasteiger partial charge in [0.05, 0.1) is 0 Å². The molecule has 0 amide bonds. The van der Waals surface area contributed by atoms with E-state index in [1.807, 2.05) is 25.1 Å². The first kappa shape index (κ1) is 15.6. The van der Waals surface area contributed by atoms with Crippen molar-refractivity contribution >= 4 is 12.3 Å². The summed E-state index contributed by atoms with van der Waals surface area (Å²) in [5.74, 6) is 0. The molecule has 2 unspecified atom stereocenters. The Labute approximate surface area is 134 Å². The summed E-state index contributed by atoms with van der Waals surface area (Å²) in [5, 5.41) is 0. The molecule has 0 bridgehead atoms. The Morgan fingerprint density at radius 2 is 1.65 bits per heavy atom. The topological polar surface area (TPSA) is 74.3 Å². The minimum absolute atomic E-state index is 0.240. The Balaban J connectivity index is 1.64. The molecule has 0 aromatic heterocycles. The zero-order chi connectivity index (χ0) is 16.2. The van der Waals surface area contributed by atoms with Gasteiger partial charge in [0.15, 0.2) is 12.2 Å². The van der Waals surface area contributed by atoms with Crippen molar-refractivity contribution in [2.75, 3.05) is 26.3 Å². The van der Waals surface area contributed by atoms with Gasteiger partial charge in [0.25, 0.3) is 0 Å². The monoisotopic (exact) mass is 321 g/mol. The van der Waals surface area contributed by atoms with Crippen LogP contribution in [-0.2, 0) is 25.5 Å². The number of carbonyl (C=O) groups excluding carboxylic acids is 2. The van der Waals surface area contributed by atoms with E-state index in [0.717, 1.165) is 5.56 Å². The van der Waals surface area contributed by atoms with Gasteiger partial charge in [-0.25, -0.2) is 9.59 Å². The molecule has 2 aliphatic rings. The zero-order valence-corrected chi connectivity index (χ0v) is 12.9. The number of hydrogen-bond donors (Lipinski definition) is 0. The molecular formula is C16H19NO6. The summed E-state index contributed by atoms with van der Waals surface area (Å²) in [7, 11) is 0. The third kappa shape index (κ3) is 4.35. The molecule has 2 saturated heterocycles. The second-order valence-electron chi connectivity index (χ2n) is 5.78. The number of rotatable bonds is 6. The molecule has 0 aliphatic carbocycles. The molecule has 0 N–H and O–H groups in total. The van der Waals surface area contributed by atoms with Gasteiger partial charge in [0, 0.05) is 19.6 Å². The molecular weight excluding hydrogens is 302 g/mol. The molecule has 0 radical (unpaired) electrons. The number of benzene rings is 1. The highest BCUT2D eigenvalue weighted by Gasteiger charge is 2.31. The van der Waals surface area contributed by atoms with E-state index in [2.05, 4.69) is 11.0 Å². The lowest BCUT2D eigenvalue weighted by atomic mass is 10.1. The minimum Gasteiger partial charge on any atom is -0.430 e. The molecule has 7 nitrogen and oxygen atoms in total. The fourth-order valence-corrected chi connectivity index (χ4v) is 2.76. The summed E-state index contributed by atoms with van der Waals surface area (Å²) < 4.78 is 19.8. The molecule has 3 rings (SSSR count). The van der Waals surface area contributed by atoms with Crippen molar-refractivity contribution in [1.29, 1.82) is 0 Å². The lowest BCUT2D eigenvalue weighted by Gasteiger charge is -2.25. The smallest absolute Gasteiger partial charge is 0.430 e. The normalized spacial score (nSPS) is 23.4. The molecule has 2 heterocycles. The van der Waals surface area contributed by atoms with Crippen LogP contribution in [-0.4, -0.2) is 55.7 Å². The van der Waals surface area contributed by atoms with Gasteiger partial charge in [-0.1, -0.05) is 29.8 Å². The minimum atomic E-state index is -0.638. The standard InChI is InChI=1S/C16H19NO6/c1-11-3-2-4-12(5-11)6-17(7-13-9-20-15(18)22-13)8-14-10-21-16(19)23-14/h2-5,13-14H,6-10H2,1H3. The van der Waals surface area contributed by atoms with Gasteiger partial charge >= 0.3 is 12.3 Å². The average Bonchev–Trinajstić information content (AvgIpc) is 3.08. The largest absolute Gasteiger partial charge is 0.508 e. The Morgan fingerprint density at radius 3 is 2.13 bits per heavy atom. The maximum atomic E-state index is 11.1. The molecule has 23 heavy (non-hydrogen) atoms. The van der Waals surface area contributed by atoms with Crippen LogP contribution in [0.4, 0.5) is 9.59 Å². The van der Waals surface area contributed by atoms with Crippen LogP contribution in [0.2, 0.25) is 0 Å². The predicted molar refractivity (Wildman–Crippen MR) is 78.9 cm³/mol. The van der Waals surface area contributed by atoms with Crippen LogP contribution in [0.1, 0.15) is 11.1 Å². The second kappa shape index (κ2) is 6.87. The number of carbonyl (C=O) groups is 2. The fourth-order valence-electron chi connectivity index (χ4n) is 2.76. The van der Waals surface area contributed by atoms with Gasteiger partial charge in [-0.3, -0.25) is 4.90 Å². The highest BCUT2D eigenvalue weighted by Crippen LogP contribution is 2.15. The Hall–Kier alpha value is -2.28. The molecule has 124 valence electrons. The van der Waals surface area contributed by atoms with E-state index in [1.165, 1.54) is 5.56 Å². The van der Waals surface area contributed by atoms with E-state index in [4.69, 9.17) is 18.9 Å². The Bertz CT molecular complexity index is 562. The summed E-state index contributed by atoms with van der Waals surface area (Å²) >= 11 is 0. The van der Waals surface area contributed by atoms with Crippen molar-refractivity contribution in [3.63, 3.8) is 0 Å². The summed E-state index contributed by atoms with van der Waals surface area (Å²) in [6.45, 7) is 4.19. The molecule has 0 saturated carbocycles. The molecule has 1 aromatic carbocycles. The van der Waals surface area contributed by atoms with Crippen LogP contribution in [0.3, 0.4) is 0 Å². The maximum Gasteiger partial charge on any atom is 0.508 e. The quantitative estimate of drug-likeness (QED) is 0.740. The van der Waals surface area contributed by atoms with Gasteiger partial charge in [0.1, 0.15) is 13.2 Å². The summed E-state index contributed by atoms with van der Waals surface area (Å²) in [6, 6.07) is 8.17. The van der Waals surface area contributed by atoms with Crippen molar-refractivity contribution in [3.8, 4) is 0 Å². The summed E-state index contributed by atoms with van der Waals surface area (Å²) in [4.78, 5) is 24.2. The maximum absolute atomic E-state index is 11.1. The predicted octanol–water partition coefficient (Wildman–Crippen LogP) is 1.87. The lowest BCUT2D eigenvalue weighted by molar-refractivity contribution is 0.0727. The molecule has 2 atom stereocenters. The number of nitrogens with zero attached hydrogens (tertiary/aromatic N) is 1. The van der Waals surface area contributed by atoms with Crippen LogP contribution < -0.4 is 0 Å². The van der Waals surface area contributed by atoms with Gasteiger partial charge < -0.3 is 18.9 Å². The molecule has 0 spiro atoms. The Morgan fingerprint density at radius 1 is 1.04 bits per heavy atom. The van der Waals surface area contributed by atoms with Crippen molar-refractivity contribution < 1.29 is 28.5 Å². The number of cyclic esters (lactones) is 4. The zero-order valence-electron chi connectivity index (χ0n) is 12.9. The van der Waals surface area contributed by atoms with Crippen LogP contribution >= 0.6 is 0 Å². The van der Waals surface area contributed by atoms with E-state index in [9.17, 15) is 9.59 Å². The van der Waals surface area contributed by atoms with E-state index in [-0.39, 0.29) is 25.4 Å². The van der Waals surface area contributed by atoms with Crippen molar-refractivity contribution in [1.82, 2.24) is 4.90 Å². The van der Waals surface area contributed by atoms with E-state index in [1.54, 1.807) is 0 Å². The van der Waals surface area contributed by atoms with Crippen LogP contribution in [0, 0.1) is 6.92 Å². The highest BCUT2D eigenvalue weighted by atomic mass is 16.8. The van der Waals surface area contributed by atoms with Crippen molar-refractivity contribution in [2.45, 2.75) is 25.7 Å². The van der Waals surface area contributed by atoms with Crippen molar-refractivity contribution in [3.05, 3.63) is 35.4 Å². The first-order chi connectivity index (χ1) is 11.1. The summed E-state index contributed by atoms with van der Waals surface area (Å²) in [6.07, 6.45) is -1.90. The van der Waals surface area contributed by atoms with Crippen LogP contribution in [0.5, 0.6) is 0 Å². The van der Waals surface area contributed by atoms with Gasteiger partial charge in [-0.15, -0.1) is 0 Å². The first-order valence-corrected chi connectivity index (χ1v) is 7.53. The van der Waals surface area contributed by atoms with Gasteiger partial charge in [-0.2, -0.15) is 0 Å². The molecule has 1 aromatic rings. The molecule has 7 heteroatoms. The SMILES string of the molecule is Cc1cccc(CN(CC2COC(=O)O2)CC2COC(=O)O2)c1. The fraction of sp³-hybridized carbons (Fsp3) is 0.500. The van der Waals surface area contributed by atoms with E-state index >= 15 is 0 Å². The van der Waals surface area contributed by atoms with Crippen molar-refractivity contribution in [2.24, 2.45) is 0 Å². The lowest BCUT2D eigenvalue weighted by Crippen LogP contribution is -2.39. The van der Waals surface area contributed by atoms with E-state index < -0.39 is 12.3 Å². The van der Waals surface area contributed by atoms with Gasteiger partial charge in [-0.05, 0) is 12.5 Å². The van der Waals surface area contributed by atoms with Crippen LogP contribution in [0.15, 0.2) is 24.3 Å². The molecule has 2 aliphatic heterocycles. The number of hydrogen-bond acceptors (Lipinski definition) is 7. The number of ether oxygens (including phenoxy) is 4. The third-order valence-electron chi connectivity index (χ3n) is 3.71. The van der Waals surface area contributed by atoms with Crippen LogP contribution in [0.25, 0.3) is 0 Å². The van der Waals surface area contributed by atoms with Gasteiger partial charge in [0.2, 0.25) is 0 Å². The summed E-state index contributed by atoms with van der Waals surface area (Å²) in [5.41, 5.74) is 2.31.